The number of aromatic nitrogens is 3. The standard InChI is InChI=1S/C12H21N5OS/c1-5-18-12-15-10(13-4)14-11(16-12)17-6-7-19-9(3)8(17)2/h8-9H,5-7H2,1-4H3,(H,13,14,15,16). The van der Waals surface area contributed by atoms with Gasteiger partial charge in [0.2, 0.25) is 11.9 Å². The van der Waals surface area contributed by atoms with Crippen molar-refractivity contribution >= 4 is 23.7 Å². The lowest BCUT2D eigenvalue weighted by Crippen LogP contribution is -2.45. The van der Waals surface area contributed by atoms with Crippen LogP contribution in [0.2, 0.25) is 0 Å². The van der Waals surface area contributed by atoms with Crippen molar-refractivity contribution in [3.63, 3.8) is 0 Å². The second kappa shape index (κ2) is 6.27. The van der Waals surface area contributed by atoms with Gasteiger partial charge in [-0.1, -0.05) is 6.92 Å². The van der Waals surface area contributed by atoms with E-state index in [1.807, 2.05) is 18.7 Å². The monoisotopic (exact) mass is 283 g/mol. The molecule has 2 atom stereocenters. The van der Waals surface area contributed by atoms with E-state index in [1.165, 1.54) is 0 Å². The van der Waals surface area contributed by atoms with Crippen LogP contribution in [0.3, 0.4) is 0 Å². The molecule has 1 aliphatic rings. The number of hydrogen-bond acceptors (Lipinski definition) is 7. The van der Waals surface area contributed by atoms with Crippen LogP contribution in [0.15, 0.2) is 0 Å². The van der Waals surface area contributed by atoms with Crippen molar-refractivity contribution < 1.29 is 4.74 Å². The minimum absolute atomic E-state index is 0.384. The second-order valence-corrected chi connectivity index (χ2v) is 5.92. The molecule has 1 aromatic rings. The summed E-state index contributed by atoms with van der Waals surface area (Å²) in [7, 11) is 1.80. The van der Waals surface area contributed by atoms with Crippen molar-refractivity contribution in [3.8, 4) is 6.01 Å². The molecular formula is C12H21N5OS. The molecule has 0 bridgehead atoms. The third-order valence-corrected chi connectivity index (χ3v) is 4.58. The SMILES string of the molecule is CCOc1nc(NC)nc(N2CCSC(C)C2C)n1. The minimum atomic E-state index is 0.384. The Morgan fingerprint density at radius 3 is 2.84 bits per heavy atom. The molecule has 1 fully saturated rings. The summed E-state index contributed by atoms with van der Waals surface area (Å²) in [6, 6.07) is 0.787. The lowest BCUT2D eigenvalue weighted by atomic mass is 10.2. The molecule has 2 unspecified atom stereocenters. The molecule has 2 rings (SSSR count). The zero-order valence-corrected chi connectivity index (χ0v) is 12.7. The normalized spacial score (nSPS) is 23.3. The van der Waals surface area contributed by atoms with E-state index < -0.39 is 0 Å². The number of hydrogen-bond donors (Lipinski definition) is 1. The predicted molar refractivity (Wildman–Crippen MR) is 79.3 cm³/mol. The van der Waals surface area contributed by atoms with E-state index in [0.717, 1.165) is 12.3 Å². The smallest absolute Gasteiger partial charge is 0.323 e. The van der Waals surface area contributed by atoms with Gasteiger partial charge >= 0.3 is 6.01 Å². The van der Waals surface area contributed by atoms with Crippen LogP contribution in [0.5, 0.6) is 6.01 Å². The molecule has 1 saturated heterocycles. The molecule has 0 radical (unpaired) electrons. The predicted octanol–water partition coefficient (Wildman–Crippen LogP) is 1.64. The Hall–Kier alpha value is -1.24. The Morgan fingerprint density at radius 1 is 1.37 bits per heavy atom. The lowest BCUT2D eigenvalue weighted by molar-refractivity contribution is 0.311. The topological polar surface area (TPSA) is 63.2 Å². The number of rotatable bonds is 4. The number of anilines is 2. The first-order valence-corrected chi connectivity index (χ1v) is 7.65. The van der Waals surface area contributed by atoms with Crippen LogP contribution in [0.25, 0.3) is 0 Å². The molecule has 1 aromatic heterocycles. The summed E-state index contributed by atoms with van der Waals surface area (Å²) in [5.74, 6) is 2.34. The number of nitrogens with zero attached hydrogens (tertiary/aromatic N) is 4. The van der Waals surface area contributed by atoms with Crippen LogP contribution in [-0.4, -0.2) is 52.2 Å². The molecule has 0 amide bonds. The minimum Gasteiger partial charge on any atom is -0.464 e. The summed E-state index contributed by atoms with van der Waals surface area (Å²) in [5, 5.41) is 3.53. The van der Waals surface area contributed by atoms with Gasteiger partial charge in [-0.2, -0.15) is 26.7 Å². The maximum absolute atomic E-state index is 5.41. The first-order chi connectivity index (χ1) is 9.15. The highest BCUT2D eigenvalue weighted by Crippen LogP contribution is 2.28. The third kappa shape index (κ3) is 3.20. The highest BCUT2D eigenvalue weighted by molar-refractivity contribution is 8.00. The average Bonchev–Trinajstić information content (AvgIpc) is 2.42. The van der Waals surface area contributed by atoms with E-state index in [2.05, 4.69) is 39.0 Å². The molecule has 0 aromatic carbocycles. The maximum Gasteiger partial charge on any atom is 0.323 e. The van der Waals surface area contributed by atoms with Crippen molar-refractivity contribution in [2.45, 2.75) is 32.1 Å². The third-order valence-electron chi connectivity index (χ3n) is 3.24. The van der Waals surface area contributed by atoms with Crippen molar-refractivity contribution in [2.24, 2.45) is 0 Å². The van der Waals surface area contributed by atoms with Crippen molar-refractivity contribution in [1.29, 1.82) is 0 Å². The zero-order valence-electron chi connectivity index (χ0n) is 11.9. The Morgan fingerprint density at radius 2 is 2.16 bits per heavy atom. The van der Waals surface area contributed by atoms with E-state index in [9.17, 15) is 0 Å². The second-order valence-electron chi connectivity index (χ2n) is 4.43. The molecule has 2 heterocycles. The fraction of sp³-hybridized carbons (Fsp3) is 0.750. The summed E-state index contributed by atoms with van der Waals surface area (Å²) in [6.07, 6.45) is 0. The fourth-order valence-electron chi connectivity index (χ4n) is 2.00. The Labute approximate surface area is 118 Å². The summed E-state index contributed by atoms with van der Waals surface area (Å²) >= 11 is 1.99. The van der Waals surface area contributed by atoms with Gasteiger partial charge in [-0.25, -0.2) is 0 Å². The largest absolute Gasteiger partial charge is 0.464 e. The molecule has 7 heteroatoms. The van der Waals surface area contributed by atoms with Crippen LogP contribution in [0, 0.1) is 0 Å². The van der Waals surface area contributed by atoms with Gasteiger partial charge in [0.1, 0.15) is 0 Å². The summed E-state index contributed by atoms with van der Waals surface area (Å²) < 4.78 is 5.41. The van der Waals surface area contributed by atoms with Gasteiger partial charge in [-0.3, -0.25) is 0 Å². The Balaban J connectivity index is 2.29. The molecular weight excluding hydrogens is 262 g/mol. The summed E-state index contributed by atoms with van der Waals surface area (Å²) in [5.41, 5.74) is 0. The van der Waals surface area contributed by atoms with Gasteiger partial charge in [-0.05, 0) is 13.8 Å². The molecule has 0 spiro atoms. The average molecular weight is 283 g/mol. The lowest BCUT2D eigenvalue weighted by Gasteiger charge is -2.37. The van der Waals surface area contributed by atoms with Crippen LogP contribution in [-0.2, 0) is 0 Å². The molecule has 0 aliphatic carbocycles. The van der Waals surface area contributed by atoms with Crippen molar-refractivity contribution in [3.05, 3.63) is 0 Å². The highest BCUT2D eigenvalue weighted by Gasteiger charge is 2.27. The van der Waals surface area contributed by atoms with Crippen LogP contribution in [0.4, 0.5) is 11.9 Å². The van der Waals surface area contributed by atoms with Gasteiger partial charge in [0.15, 0.2) is 0 Å². The molecule has 0 saturated carbocycles. The van der Waals surface area contributed by atoms with Gasteiger partial charge in [0.25, 0.3) is 0 Å². The van der Waals surface area contributed by atoms with E-state index >= 15 is 0 Å². The summed E-state index contributed by atoms with van der Waals surface area (Å²) in [6.45, 7) is 7.87. The first kappa shape index (κ1) is 14.2. The number of thioether (sulfide) groups is 1. The van der Waals surface area contributed by atoms with Crippen LogP contribution >= 0.6 is 11.8 Å². The molecule has 106 valence electrons. The molecule has 1 aliphatic heterocycles. The van der Waals surface area contributed by atoms with E-state index in [4.69, 9.17) is 4.74 Å². The highest BCUT2D eigenvalue weighted by atomic mass is 32.2. The quantitative estimate of drug-likeness (QED) is 0.901. The maximum atomic E-state index is 5.41. The van der Waals surface area contributed by atoms with Crippen molar-refractivity contribution in [1.82, 2.24) is 15.0 Å². The van der Waals surface area contributed by atoms with Gasteiger partial charge in [-0.15, -0.1) is 0 Å². The van der Waals surface area contributed by atoms with Crippen LogP contribution < -0.4 is 15.0 Å². The molecule has 1 N–H and O–H groups in total. The van der Waals surface area contributed by atoms with Crippen molar-refractivity contribution in [2.75, 3.05) is 36.2 Å². The number of ether oxygens (including phenoxy) is 1. The van der Waals surface area contributed by atoms with E-state index in [1.54, 1.807) is 7.05 Å². The summed E-state index contributed by atoms with van der Waals surface area (Å²) in [4.78, 5) is 15.3. The van der Waals surface area contributed by atoms with Crippen LogP contribution in [0.1, 0.15) is 20.8 Å². The van der Waals surface area contributed by atoms with Gasteiger partial charge in [0.05, 0.1) is 6.61 Å². The number of nitrogens with one attached hydrogen (secondary N) is 1. The van der Waals surface area contributed by atoms with E-state index in [-0.39, 0.29) is 0 Å². The fourth-order valence-corrected chi connectivity index (χ4v) is 3.09. The molecule has 19 heavy (non-hydrogen) atoms. The van der Waals surface area contributed by atoms with Gasteiger partial charge < -0.3 is 15.0 Å². The van der Waals surface area contributed by atoms with E-state index in [0.29, 0.717) is 35.8 Å². The zero-order chi connectivity index (χ0) is 13.8. The Kier molecular flexibility index (Phi) is 4.68. The molecule has 6 nitrogen and oxygen atoms in total. The first-order valence-electron chi connectivity index (χ1n) is 6.60. The Bertz CT molecular complexity index is 431. The van der Waals surface area contributed by atoms with Gasteiger partial charge in [0, 0.05) is 30.6 Å².